The van der Waals surface area contributed by atoms with Gasteiger partial charge < -0.3 is 19.7 Å². The molecule has 0 atom stereocenters. The molecule has 0 unspecified atom stereocenters. The maximum atomic E-state index is 11.0. The van der Waals surface area contributed by atoms with Crippen LogP contribution in [0, 0.1) is 0 Å². The lowest BCUT2D eigenvalue weighted by molar-refractivity contribution is -0.890. The number of nitrogens with zero attached hydrogens (tertiary/aromatic N) is 1. The first-order valence-corrected chi connectivity index (χ1v) is 8.79. The molecule has 0 aliphatic rings. The summed E-state index contributed by atoms with van der Waals surface area (Å²) in [6, 6.07) is 0. The minimum absolute atomic E-state index is 0.102. The van der Waals surface area contributed by atoms with Crippen LogP contribution in [0.5, 0.6) is 0 Å². The van der Waals surface area contributed by atoms with Crippen LogP contribution in [-0.4, -0.2) is 50.1 Å². The van der Waals surface area contributed by atoms with Gasteiger partial charge in [-0.1, -0.05) is 32.3 Å². The van der Waals surface area contributed by atoms with Crippen LogP contribution < -0.4 is 10.4 Å². The highest BCUT2D eigenvalue weighted by atomic mass is 16.4. The van der Waals surface area contributed by atoms with Gasteiger partial charge in [-0.25, -0.2) is 0 Å². The van der Waals surface area contributed by atoms with Gasteiger partial charge in [-0.05, 0) is 31.8 Å². The third-order valence-electron chi connectivity index (χ3n) is 4.07. The van der Waals surface area contributed by atoms with Gasteiger partial charge in [-0.2, -0.15) is 0 Å². The summed E-state index contributed by atoms with van der Waals surface area (Å²) in [6.45, 7) is 6.35. The lowest BCUT2D eigenvalue weighted by Crippen LogP contribution is -2.42. The molecule has 0 spiro atoms. The summed E-state index contributed by atoms with van der Waals surface area (Å²) in [5.41, 5.74) is 0. The molecule has 0 aromatic rings. The van der Waals surface area contributed by atoms with Gasteiger partial charge in [0.1, 0.15) is 0 Å². The van der Waals surface area contributed by atoms with Crippen LogP contribution in [0.2, 0.25) is 0 Å². The minimum Gasteiger partial charge on any atom is -0.550 e. The molecule has 0 saturated heterocycles. The second kappa shape index (κ2) is 13.1. The zero-order valence-corrected chi connectivity index (χ0v) is 14.9. The highest BCUT2D eigenvalue weighted by Crippen LogP contribution is 2.10. The first-order chi connectivity index (χ1) is 10.9. The first-order valence-electron chi connectivity index (χ1n) is 8.79. The Balaban J connectivity index is 3.46. The Morgan fingerprint density at radius 1 is 0.957 bits per heavy atom. The predicted molar refractivity (Wildman–Crippen MR) is 91.6 cm³/mol. The summed E-state index contributed by atoms with van der Waals surface area (Å²) in [5.74, 6) is -1.04. The maximum absolute atomic E-state index is 11.0. The Hall–Kier alpha value is -1.36. The number of hydrogen-bond donors (Lipinski definition) is 1. The van der Waals surface area contributed by atoms with Crippen molar-refractivity contribution in [2.24, 2.45) is 0 Å². The fourth-order valence-corrected chi connectivity index (χ4v) is 2.60. The monoisotopic (exact) mass is 326 g/mol. The summed E-state index contributed by atoms with van der Waals surface area (Å²) in [7, 11) is 4.46. The summed E-state index contributed by atoms with van der Waals surface area (Å²) in [6.07, 6.45) is 10.2. The summed E-state index contributed by atoms with van der Waals surface area (Å²) < 4.78 is 0.982. The number of aliphatic carboxylic acids is 1. The van der Waals surface area contributed by atoms with Gasteiger partial charge in [0.15, 0.2) is 0 Å². The normalized spacial score (nSPS) is 11.2. The van der Waals surface area contributed by atoms with Crippen molar-refractivity contribution in [3.8, 4) is 0 Å². The molecule has 0 aromatic heterocycles. The lowest BCUT2D eigenvalue weighted by Gasteiger charge is -2.30. The molecule has 0 fully saturated rings. The topological polar surface area (TPSA) is 69.2 Å². The zero-order chi connectivity index (χ0) is 17.6. The van der Waals surface area contributed by atoms with Gasteiger partial charge in [0.2, 0.25) is 5.91 Å². The maximum Gasteiger partial charge on any atom is 0.243 e. The molecule has 0 aliphatic heterocycles. The van der Waals surface area contributed by atoms with Gasteiger partial charge in [-0.15, -0.1) is 0 Å². The van der Waals surface area contributed by atoms with E-state index in [4.69, 9.17) is 0 Å². The molecule has 1 amide bonds. The molecule has 0 radical (unpaired) electrons. The molecule has 0 bridgehead atoms. The van der Waals surface area contributed by atoms with E-state index in [1.54, 1.807) is 0 Å². The van der Waals surface area contributed by atoms with Crippen LogP contribution in [0.4, 0.5) is 0 Å². The number of carbonyl (C=O) groups is 2. The molecule has 0 aliphatic carbocycles. The molecular weight excluding hydrogens is 292 g/mol. The summed E-state index contributed by atoms with van der Waals surface area (Å²) >= 11 is 0. The number of carbonyl (C=O) groups excluding carboxylic acids is 2. The molecule has 5 heteroatoms. The van der Waals surface area contributed by atoms with Crippen LogP contribution in [0.3, 0.4) is 0 Å². The van der Waals surface area contributed by atoms with Crippen molar-refractivity contribution in [3.05, 3.63) is 12.7 Å². The van der Waals surface area contributed by atoms with E-state index in [0.29, 0.717) is 6.54 Å². The van der Waals surface area contributed by atoms with Crippen LogP contribution in [0.15, 0.2) is 12.7 Å². The second-order valence-electron chi connectivity index (χ2n) is 6.83. The van der Waals surface area contributed by atoms with Crippen molar-refractivity contribution in [2.75, 3.05) is 33.7 Å². The highest BCUT2D eigenvalue weighted by molar-refractivity contribution is 5.86. The average Bonchev–Trinajstić information content (AvgIpc) is 2.49. The van der Waals surface area contributed by atoms with Gasteiger partial charge in [0.25, 0.3) is 0 Å². The standard InChI is InChI=1S/C18H34N2O3/c1-4-17(21)19-14-12-16-20(2,3)15-11-9-7-5-6-8-10-13-18(22)23/h4H,1,5-16H2,2-3H3,(H-,19,21,22,23). The number of quaternary nitrogens is 1. The van der Waals surface area contributed by atoms with E-state index in [2.05, 4.69) is 26.0 Å². The van der Waals surface area contributed by atoms with Crippen LogP contribution in [0.1, 0.15) is 57.8 Å². The van der Waals surface area contributed by atoms with E-state index in [-0.39, 0.29) is 12.3 Å². The van der Waals surface area contributed by atoms with E-state index in [1.165, 1.54) is 31.8 Å². The van der Waals surface area contributed by atoms with Gasteiger partial charge in [0, 0.05) is 18.9 Å². The van der Waals surface area contributed by atoms with Gasteiger partial charge >= 0.3 is 0 Å². The number of amides is 1. The number of carboxylic acid groups (broad SMARTS) is 1. The molecule has 1 N–H and O–H groups in total. The van der Waals surface area contributed by atoms with E-state index in [1.807, 2.05) is 0 Å². The average molecular weight is 326 g/mol. The van der Waals surface area contributed by atoms with E-state index in [0.717, 1.165) is 43.3 Å². The molecule has 0 saturated carbocycles. The molecular formula is C18H34N2O3. The summed E-state index contributed by atoms with van der Waals surface area (Å²) in [5, 5.41) is 13.1. The van der Waals surface area contributed by atoms with E-state index < -0.39 is 5.97 Å². The van der Waals surface area contributed by atoms with E-state index in [9.17, 15) is 14.7 Å². The number of unbranched alkanes of at least 4 members (excludes halogenated alkanes) is 6. The zero-order valence-electron chi connectivity index (χ0n) is 14.9. The Morgan fingerprint density at radius 3 is 2.04 bits per heavy atom. The van der Waals surface area contributed by atoms with Crippen molar-refractivity contribution in [1.82, 2.24) is 5.32 Å². The first kappa shape index (κ1) is 21.6. The van der Waals surface area contributed by atoms with Crippen molar-refractivity contribution >= 4 is 11.9 Å². The number of carboxylic acids is 1. The van der Waals surface area contributed by atoms with Crippen LogP contribution in [0.25, 0.3) is 0 Å². The Kier molecular flexibility index (Phi) is 12.3. The van der Waals surface area contributed by atoms with E-state index >= 15 is 0 Å². The lowest BCUT2D eigenvalue weighted by atomic mass is 10.1. The highest BCUT2D eigenvalue weighted by Gasteiger charge is 2.13. The quantitative estimate of drug-likeness (QED) is 0.282. The molecule has 0 aromatic carbocycles. The van der Waals surface area contributed by atoms with Crippen molar-refractivity contribution in [1.29, 1.82) is 0 Å². The largest absolute Gasteiger partial charge is 0.550 e. The minimum atomic E-state index is -0.936. The molecule has 23 heavy (non-hydrogen) atoms. The fraction of sp³-hybridized carbons (Fsp3) is 0.778. The van der Waals surface area contributed by atoms with Crippen LogP contribution in [-0.2, 0) is 9.59 Å². The Labute approximate surface area is 141 Å². The second-order valence-corrected chi connectivity index (χ2v) is 6.83. The molecule has 5 nitrogen and oxygen atoms in total. The molecule has 0 rings (SSSR count). The number of hydrogen-bond acceptors (Lipinski definition) is 3. The van der Waals surface area contributed by atoms with Crippen molar-refractivity contribution in [2.45, 2.75) is 57.8 Å². The number of rotatable bonds is 15. The van der Waals surface area contributed by atoms with Gasteiger partial charge in [0.05, 0.1) is 27.2 Å². The fourth-order valence-electron chi connectivity index (χ4n) is 2.60. The van der Waals surface area contributed by atoms with Crippen molar-refractivity contribution in [3.63, 3.8) is 0 Å². The van der Waals surface area contributed by atoms with Crippen LogP contribution >= 0.6 is 0 Å². The Bertz CT molecular complexity index is 354. The molecule has 134 valence electrons. The third-order valence-corrected chi connectivity index (χ3v) is 4.07. The van der Waals surface area contributed by atoms with Crippen molar-refractivity contribution < 1.29 is 19.2 Å². The number of nitrogens with one attached hydrogen (secondary N) is 1. The third kappa shape index (κ3) is 15.3. The summed E-state index contributed by atoms with van der Waals surface area (Å²) in [4.78, 5) is 21.3. The molecule has 0 heterocycles. The SMILES string of the molecule is C=CC(=O)NCCC[N+](C)(C)CCCCCCCCCC(=O)[O-]. The Morgan fingerprint density at radius 2 is 1.48 bits per heavy atom. The smallest absolute Gasteiger partial charge is 0.243 e. The van der Waals surface area contributed by atoms with Gasteiger partial charge in [-0.3, -0.25) is 4.79 Å². The predicted octanol–water partition coefficient (Wildman–Crippen LogP) is 1.63.